The van der Waals surface area contributed by atoms with Gasteiger partial charge in [0, 0.05) is 26.7 Å². The van der Waals surface area contributed by atoms with Crippen molar-refractivity contribution >= 4 is 11.6 Å². The summed E-state index contributed by atoms with van der Waals surface area (Å²) in [5.41, 5.74) is 1.35. The van der Waals surface area contributed by atoms with Gasteiger partial charge in [0.25, 0.3) is 0 Å². The minimum absolute atomic E-state index is 0.0318. The third-order valence-corrected chi connectivity index (χ3v) is 3.56. The van der Waals surface area contributed by atoms with E-state index in [-0.39, 0.29) is 18.0 Å². The highest BCUT2D eigenvalue weighted by Crippen LogP contribution is 2.16. The zero-order valence-electron chi connectivity index (χ0n) is 12.8. The molecule has 0 fully saturated rings. The van der Waals surface area contributed by atoms with Crippen molar-refractivity contribution in [1.29, 1.82) is 0 Å². The molecule has 0 saturated heterocycles. The van der Waals surface area contributed by atoms with Crippen LogP contribution in [0.3, 0.4) is 0 Å². The van der Waals surface area contributed by atoms with Gasteiger partial charge in [-0.1, -0.05) is 0 Å². The van der Waals surface area contributed by atoms with Crippen molar-refractivity contribution < 1.29 is 9.72 Å². The maximum Gasteiger partial charge on any atom is 0.309 e. The van der Waals surface area contributed by atoms with Crippen LogP contribution in [0.5, 0.6) is 0 Å². The zero-order chi connectivity index (χ0) is 16.3. The maximum absolute atomic E-state index is 12.1. The fraction of sp³-hybridized carbons (Fsp3) is 0.462. The van der Waals surface area contributed by atoms with Crippen molar-refractivity contribution in [1.82, 2.24) is 24.5 Å². The summed E-state index contributed by atoms with van der Waals surface area (Å²) in [5, 5.41) is 18.8. The summed E-state index contributed by atoms with van der Waals surface area (Å²) in [7, 11) is 3.54. The number of hydrogen-bond donors (Lipinski definition) is 0. The molecule has 9 nitrogen and oxygen atoms in total. The largest absolute Gasteiger partial charge is 0.340 e. The Morgan fingerprint density at radius 2 is 2.18 bits per heavy atom. The second-order valence-corrected chi connectivity index (χ2v) is 5.04. The molecule has 0 spiro atoms. The molecular formula is C13H18N6O3. The van der Waals surface area contributed by atoms with Crippen LogP contribution in [-0.4, -0.2) is 42.3 Å². The molecule has 0 aromatic carbocycles. The molecule has 0 saturated carbocycles. The normalized spacial score (nSPS) is 10.7. The lowest BCUT2D eigenvalue weighted by Crippen LogP contribution is -2.28. The van der Waals surface area contributed by atoms with E-state index in [9.17, 15) is 14.9 Å². The molecule has 2 aromatic heterocycles. The van der Waals surface area contributed by atoms with Gasteiger partial charge in [-0.2, -0.15) is 10.2 Å². The van der Waals surface area contributed by atoms with Crippen LogP contribution in [-0.2, 0) is 24.9 Å². The lowest BCUT2D eigenvalue weighted by Gasteiger charge is -2.17. The molecule has 0 unspecified atom stereocenters. The van der Waals surface area contributed by atoms with E-state index in [1.54, 1.807) is 29.7 Å². The van der Waals surface area contributed by atoms with Gasteiger partial charge < -0.3 is 4.90 Å². The minimum Gasteiger partial charge on any atom is -0.340 e. The highest BCUT2D eigenvalue weighted by Gasteiger charge is 2.17. The van der Waals surface area contributed by atoms with Gasteiger partial charge >= 0.3 is 5.69 Å². The zero-order valence-corrected chi connectivity index (χ0v) is 12.8. The molecule has 0 aliphatic carbocycles. The molecule has 1 amide bonds. The molecule has 0 aliphatic rings. The van der Waals surface area contributed by atoms with Crippen LogP contribution >= 0.6 is 0 Å². The number of aryl methyl sites for hydroxylation is 2. The van der Waals surface area contributed by atoms with E-state index < -0.39 is 4.92 Å². The molecule has 0 N–H and O–H groups in total. The van der Waals surface area contributed by atoms with Crippen LogP contribution in [0.15, 0.2) is 18.5 Å². The van der Waals surface area contributed by atoms with E-state index >= 15 is 0 Å². The Labute approximate surface area is 127 Å². The first-order valence-corrected chi connectivity index (χ1v) is 6.77. The lowest BCUT2D eigenvalue weighted by molar-refractivity contribution is -0.385. The lowest BCUT2D eigenvalue weighted by atomic mass is 10.3. The van der Waals surface area contributed by atoms with Crippen molar-refractivity contribution in [2.24, 2.45) is 7.05 Å². The third kappa shape index (κ3) is 3.30. The quantitative estimate of drug-likeness (QED) is 0.582. The Morgan fingerprint density at radius 3 is 2.73 bits per heavy atom. The van der Waals surface area contributed by atoms with Gasteiger partial charge in [0.2, 0.25) is 5.91 Å². The van der Waals surface area contributed by atoms with E-state index in [2.05, 4.69) is 10.2 Å². The minimum atomic E-state index is -0.477. The Morgan fingerprint density at radius 1 is 1.45 bits per heavy atom. The van der Waals surface area contributed by atoms with Gasteiger partial charge in [-0.3, -0.25) is 24.3 Å². The Hall–Kier alpha value is -2.71. The van der Waals surface area contributed by atoms with E-state index in [1.807, 2.05) is 13.1 Å². The standard InChI is InChI=1S/C13H18N6O3/c1-10-12(19(21)22)8-15-18(10)7-5-13(20)16(2)9-11-4-6-14-17(11)3/h4,6,8H,5,7,9H2,1-3H3. The number of rotatable bonds is 6. The van der Waals surface area contributed by atoms with Gasteiger partial charge in [0.05, 0.1) is 23.7 Å². The molecule has 0 bridgehead atoms. The van der Waals surface area contributed by atoms with Crippen LogP contribution in [0.2, 0.25) is 0 Å². The van der Waals surface area contributed by atoms with Crippen LogP contribution in [0.25, 0.3) is 0 Å². The summed E-state index contributed by atoms with van der Waals surface area (Å²) in [6.45, 7) is 2.40. The molecular weight excluding hydrogens is 288 g/mol. The summed E-state index contributed by atoms with van der Waals surface area (Å²) in [6.07, 6.45) is 3.12. The fourth-order valence-electron chi connectivity index (χ4n) is 2.12. The van der Waals surface area contributed by atoms with Crippen molar-refractivity contribution in [3.8, 4) is 0 Å². The number of aromatic nitrogens is 4. The van der Waals surface area contributed by atoms with Crippen molar-refractivity contribution in [2.75, 3.05) is 7.05 Å². The Balaban J connectivity index is 1.92. The summed E-state index contributed by atoms with van der Waals surface area (Å²) < 4.78 is 3.19. The number of amides is 1. The second kappa shape index (κ2) is 6.37. The Kier molecular flexibility index (Phi) is 4.54. The van der Waals surface area contributed by atoms with Crippen LogP contribution < -0.4 is 0 Å². The van der Waals surface area contributed by atoms with E-state index in [0.717, 1.165) is 5.69 Å². The number of nitro groups is 1. The first-order chi connectivity index (χ1) is 10.4. The Bertz CT molecular complexity index is 690. The smallest absolute Gasteiger partial charge is 0.309 e. The number of carbonyl (C=O) groups excluding carboxylic acids is 1. The first-order valence-electron chi connectivity index (χ1n) is 6.77. The van der Waals surface area contributed by atoms with E-state index in [4.69, 9.17) is 0 Å². The van der Waals surface area contributed by atoms with Crippen LogP contribution in [0.4, 0.5) is 5.69 Å². The topological polar surface area (TPSA) is 99.1 Å². The van der Waals surface area contributed by atoms with Gasteiger partial charge in [0.15, 0.2) is 0 Å². The van der Waals surface area contributed by atoms with Gasteiger partial charge in [-0.15, -0.1) is 0 Å². The van der Waals surface area contributed by atoms with E-state index in [1.165, 1.54) is 10.9 Å². The summed E-state index contributed by atoms with van der Waals surface area (Å²) in [6, 6.07) is 1.85. The second-order valence-electron chi connectivity index (χ2n) is 5.04. The monoisotopic (exact) mass is 306 g/mol. The fourth-order valence-corrected chi connectivity index (χ4v) is 2.12. The SMILES string of the molecule is Cc1c([N+](=O)[O-])cnn1CCC(=O)N(C)Cc1ccnn1C. The van der Waals surface area contributed by atoms with Crippen molar-refractivity contribution in [2.45, 2.75) is 26.4 Å². The van der Waals surface area contributed by atoms with Crippen molar-refractivity contribution in [3.05, 3.63) is 40.0 Å². The molecule has 2 aromatic rings. The van der Waals surface area contributed by atoms with E-state index in [0.29, 0.717) is 18.8 Å². The van der Waals surface area contributed by atoms with Crippen molar-refractivity contribution in [3.63, 3.8) is 0 Å². The molecule has 118 valence electrons. The maximum atomic E-state index is 12.1. The summed E-state index contributed by atoms with van der Waals surface area (Å²) in [5.74, 6) is -0.0567. The highest BCUT2D eigenvalue weighted by molar-refractivity contribution is 5.75. The molecule has 0 radical (unpaired) electrons. The number of hydrogen-bond acceptors (Lipinski definition) is 5. The molecule has 0 atom stereocenters. The van der Waals surface area contributed by atoms with Gasteiger partial charge in [-0.25, -0.2) is 0 Å². The summed E-state index contributed by atoms with van der Waals surface area (Å²) >= 11 is 0. The summed E-state index contributed by atoms with van der Waals surface area (Å²) in [4.78, 5) is 24.0. The predicted octanol–water partition coefficient (Wildman–Crippen LogP) is 0.882. The van der Waals surface area contributed by atoms with Crippen LogP contribution in [0, 0.1) is 17.0 Å². The molecule has 22 heavy (non-hydrogen) atoms. The predicted molar refractivity (Wildman–Crippen MR) is 77.9 cm³/mol. The molecule has 9 heteroatoms. The van der Waals surface area contributed by atoms with Crippen LogP contribution in [0.1, 0.15) is 17.8 Å². The molecule has 2 heterocycles. The average Bonchev–Trinajstić information content (AvgIpc) is 3.03. The molecule has 2 rings (SSSR count). The third-order valence-electron chi connectivity index (χ3n) is 3.56. The van der Waals surface area contributed by atoms with Gasteiger partial charge in [-0.05, 0) is 13.0 Å². The number of carbonyl (C=O) groups is 1. The molecule has 0 aliphatic heterocycles. The first kappa shape index (κ1) is 15.7. The van der Waals surface area contributed by atoms with Gasteiger partial charge in [0.1, 0.15) is 11.9 Å². The number of nitrogens with zero attached hydrogens (tertiary/aromatic N) is 6. The highest BCUT2D eigenvalue weighted by atomic mass is 16.6. The average molecular weight is 306 g/mol.